The van der Waals surface area contributed by atoms with Gasteiger partial charge in [0.05, 0.1) is 0 Å². The van der Waals surface area contributed by atoms with Gasteiger partial charge in [0.25, 0.3) is 0 Å². The number of nitrogens with one attached hydrogen (secondary N) is 1. The first kappa shape index (κ1) is 14.1. The van der Waals surface area contributed by atoms with E-state index in [0.29, 0.717) is 5.92 Å². The Morgan fingerprint density at radius 2 is 1.84 bits per heavy atom. The number of carbonyl (C=O) groups is 1. The molecule has 2 N–H and O–H groups in total. The first-order chi connectivity index (χ1) is 9.18. The summed E-state index contributed by atoms with van der Waals surface area (Å²) in [6.07, 6.45) is 6.31. The lowest BCUT2D eigenvalue weighted by molar-refractivity contribution is -0.140. The van der Waals surface area contributed by atoms with Crippen LogP contribution in [0, 0.1) is 5.92 Å². The molecule has 1 fully saturated rings. The fourth-order valence-corrected chi connectivity index (χ4v) is 2.99. The molecule has 3 nitrogen and oxygen atoms in total. The quantitative estimate of drug-likeness (QED) is 0.854. The maximum absolute atomic E-state index is 11.5. The van der Waals surface area contributed by atoms with E-state index in [9.17, 15) is 9.90 Å². The lowest BCUT2D eigenvalue weighted by Crippen LogP contribution is -2.40. The molecule has 0 aliphatic heterocycles. The Labute approximate surface area is 115 Å². The molecule has 2 atom stereocenters. The summed E-state index contributed by atoms with van der Waals surface area (Å²) in [5.74, 6) is -0.187. The highest BCUT2D eigenvalue weighted by Crippen LogP contribution is 2.27. The number of rotatable bonds is 5. The van der Waals surface area contributed by atoms with Crippen molar-refractivity contribution in [2.45, 2.75) is 51.1 Å². The Morgan fingerprint density at radius 3 is 2.42 bits per heavy atom. The summed E-state index contributed by atoms with van der Waals surface area (Å²) in [7, 11) is 0. The van der Waals surface area contributed by atoms with Gasteiger partial charge < -0.3 is 5.11 Å². The lowest BCUT2D eigenvalue weighted by atomic mass is 9.84. The van der Waals surface area contributed by atoms with Crippen LogP contribution in [-0.2, 0) is 4.79 Å². The SMILES string of the molecule is C[C@@H](NC(C(=O)O)c1ccccc1)C1CCCCC1. The fourth-order valence-electron chi connectivity index (χ4n) is 2.99. The van der Waals surface area contributed by atoms with Crippen LogP contribution in [0.5, 0.6) is 0 Å². The van der Waals surface area contributed by atoms with Gasteiger partial charge >= 0.3 is 5.97 Å². The molecule has 0 aromatic heterocycles. The molecule has 1 saturated carbocycles. The smallest absolute Gasteiger partial charge is 0.325 e. The monoisotopic (exact) mass is 261 g/mol. The molecule has 1 aliphatic carbocycles. The average molecular weight is 261 g/mol. The van der Waals surface area contributed by atoms with Gasteiger partial charge in [-0.3, -0.25) is 10.1 Å². The zero-order valence-electron chi connectivity index (χ0n) is 11.5. The van der Waals surface area contributed by atoms with Crippen molar-refractivity contribution in [3.8, 4) is 0 Å². The average Bonchev–Trinajstić information content (AvgIpc) is 2.46. The van der Waals surface area contributed by atoms with Gasteiger partial charge in [0.1, 0.15) is 6.04 Å². The highest BCUT2D eigenvalue weighted by Gasteiger charge is 2.26. The third-order valence-electron chi connectivity index (χ3n) is 4.17. The number of benzene rings is 1. The summed E-state index contributed by atoms with van der Waals surface area (Å²) in [6.45, 7) is 2.12. The van der Waals surface area contributed by atoms with Crippen LogP contribution in [0.15, 0.2) is 30.3 Å². The summed E-state index contributed by atoms with van der Waals surface area (Å²) in [5, 5.41) is 12.7. The molecule has 2 rings (SSSR count). The summed E-state index contributed by atoms with van der Waals surface area (Å²) in [6, 6.07) is 9.09. The van der Waals surface area contributed by atoms with Gasteiger partial charge in [-0.2, -0.15) is 0 Å². The second kappa shape index (κ2) is 6.71. The number of aliphatic carboxylic acids is 1. The summed E-state index contributed by atoms with van der Waals surface area (Å²) < 4.78 is 0. The van der Waals surface area contributed by atoms with Crippen molar-refractivity contribution >= 4 is 5.97 Å². The second-order valence-electron chi connectivity index (χ2n) is 5.54. The van der Waals surface area contributed by atoms with Crippen molar-refractivity contribution in [2.75, 3.05) is 0 Å². The maximum atomic E-state index is 11.5. The van der Waals surface area contributed by atoms with Gasteiger partial charge in [-0.1, -0.05) is 49.6 Å². The fraction of sp³-hybridized carbons (Fsp3) is 0.562. The molecule has 1 aliphatic rings. The van der Waals surface area contributed by atoms with Gasteiger partial charge in [0.15, 0.2) is 0 Å². The topological polar surface area (TPSA) is 49.3 Å². The van der Waals surface area contributed by atoms with Gasteiger partial charge in [-0.05, 0) is 31.2 Å². The first-order valence-corrected chi connectivity index (χ1v) is 7.22. The van der Waals surface area contributed by atoms with E-state index >= 15 is 0 Å². The Hall–Kier alpha value is -1.35. The molecular weight excluding hydrogens is 238 g/mol. The van der Waals surface area contributed by atoms with Crippen LogP contribution < -0.4 is 5.32 Å². The Bertz CT molecular complexity index is 398. The highest BCUT2D eigenvalue weighted by atomic mass is 16.4. The van der Waals surface area contributed by atoms with Crippen LogP contribution in [0.1, 0.15) is 50.6 Å². The molecule has 19 heavy (non-hydrogen) atoms. The van der Waals surface area contributed by atoms with E-state index < -0.39 is 12.0 Å². The summed E-state index contributed by atoms with van der Waals surface area (Å²) in [4.78, 5) is 11.5. The minimum atomic E-state index is -0.797. The molecule has 0 heterocycles. The van der Waals surface area contributed by atoms with Crippen LogP contribution in [0.2, 0.25) is 0 Å². The van der Waals surface area contributed by atoms with Crippen molar-refractivity contribution in [3.05, 3.63) is 35.9 Å². The standard InChI is InChI=1S/C16H23NO2/c1-12(13-8-4-2-5-9-13)17-15(16(18)19)14-10-6-3-7-11-14/h3,6-7,10-13,15,17H,2,4-5,8-9H2,1H3,(H,18,19)/t12-,15?/m1/s1. The highest BCUT2D eigenvalue weighted by molar-refractivity contribution is 5.75. The maximum Gasteiger partial charge on any atom is 0.325 e. The van der Waals surface area contributed by atoms with Gasteiger partial charge in [-0.15, -0.1) is 0 Å². The van der Waals surface area contributed by atoms with E-state index in [0.717, 1.165) is 5.56 Å². The molecule has 1 aromatic rings. The van der Waals surface area contributed by atoms with Crippen molar-refractivity contribution in [3.63, 3.8) is 0 Å². The predicted octanol–water partition coefficient (Wildman–Crippen LogP) is 3.37. The zero-order valence-corrected chi connectivity index (χ0v) is 11.5. The van der Waals surface area contributed by atoms with Crippen molar-refractivity contribution < 1.29 is 9.90 Å². The predicted molar refractivity (Wildman–Crippen MR) is 76.0 cm³/mol. The van der Waals surface area contributed by atoms with E-state index in [-0.39, 0.29) is 6.04 Å². The third kappa shape index (κ3) is 3.80. The molecule has 0 radical (unpaired) electrons. The van der Waals surface area contributed by atoms with E-state index in [2.05, 4.69) is 12.2 Å². The van der Waals surface area contributed by atoms with Gasteiger partial charge in [0, 0.05) is 6.04 Å². The first-order valence-electron chi connectivity index (χ1n) is 7.22. The normalized spacial score (nSPS) is 19.8. The molecule has 0 amide bonds. The third-order valence-corrected chi connectivity index (χ3v) is 4.17. The van der Waals surface area contributed by atoms with E-state index in [1.165, 1.54) is 32.1 Å². The Balaban J connectivity index is 2.02. The Morgan fingerprint density at radius 1 is 1.21 bits per heavy atom. The van der Waals surface area contributed by atoms with E-state index in [1.807, 2.05) is 30.3 Å². The molecule has 0 saturated heterocycles. The number of hydrogen-bond donors (Lipinski definition) is 2. The molecule has 104 valence electrons. The van der Waals surface area contributed by atoms with Crippen LogP contribution >= 0.6 is 0 Å². The number of hydrogen-bond acceptors (Lipinski definition) is 2. The molecule has 0 bridgehead atoms. The summed E-state index contributed by atoms with van der Waals surface area (Å²) >= 11 is 0. The molecule has 1 unspecified atom stereocenters. The minimum Gasteiger partial charge on any atom is -0.480 e. The second-order valence-corrected chi connectivity index (χ2v) is 5.54. The van der Waals surface area contributed by atoms with Crippen LogP contribution in [-0.4, -0.2) is 17.1 Å². The summed E-state index contributed by atoms with van der Waals surface area (Å²) in [5.41, 5.74) is 0.831. The zero-order chi connectivity index (χ0) is 13.7. The van der Waals surface area contributed by atoms with E-state index in [1.54, 1.807) is 0 Å². The number of carboxylic acids is 1. The van der Waals surface area contributed by atoms with Gasteiger partial charge in [-0.25, -0.2) is 0 Å². The van der Waals surface area contributed by atoms with Gasteiger partial charge in [0.2, 0.25) is 0 Å². The minimum absolute atomic E-state index is 0.251. The van der Waals surface area contributed by atoms with E-state index in [4.69, 9.17) is 0 Å². The van der Waals surface area contributed by atoms with Crippen LogP contribution in [0.25, 0.3) is 0 Å². The molecule has 0 spiro atoms. The van der Waals surface area contributed by atoms with Crippen LogP contribution in [0.4, 0.5) is 0 Å². The van der Waals surface area contributed by atoms with Crippen molar-refractivity contribution in [1.29, 1.82) is 0 Å². The number of carboxylic acid groups (broad SMARTS) is 1. The molecule has 3 heteroatoms. The largest absolute Gasteiger partial charge is 0.480 e. The van der Waals surface area contributed by atoms with Crippen molar-refractivity contribution in [2.24, 2.45) is 5.92 Å². The Kier molecular flexibility index (Phi) is 4.97. The molecular formula is C16H23NO2. The molecule has 1 aromatic carbocycles. The van der Waals surface area contributed by atoms with Crippen molar-refractivity contribution in [1.82, 2.24) is 5.32 Å². The van der Waals surface area contributed by atoms with Crippen LogP contribution in [0.3, 0.4) is 0 Å². The lowest BCUT2D eigenvalue weighted by Gasteiger charge is -2.30.